The topological polar surface area (TPSA) is 40.5 Å². The zero-order chi connectivity index (χ0) is 10.8. The molecule has 1 aliphatic carbocycles. The van der Waals surface area contributed by atoms with Gasteiger partial charge >= 0.3 is 5.97 Å². The van der Waals surface area contributed by atoms with Crippen LogP contribution in [-0.2, 0) is 9.47 Å². The molecule has 0 unspecified atom stereocenters. The first-order valence-corrected chi connectivity index (χ1v) is 5.03. The third kappa shape index (κ3) is 1.90. The van der Waals surface area contributed by atoms with Gasteiger partial charge < -0.3 is 14.0 Å². The van der Waals surface area contributed by atoms with Gasteiger partial charge in [0.2, 0.25) is 0 Å². The van der Waals surface area contributed by atoms with Gasteiger partial charge in [0.15, 0.2) is 0 Å². The Labute approximate surface area is 88.8 Å². The lowest BCUT2D eigenvalue weighted by Crippen LogP contribution is -2.31. The van der Waals surface area contributed by atoms with E-state index in [4.69, 9.17) is 4.74 Å². The van der Waals surface area contributed by atoms with Crippen molar-refractivity contribution in [3.8, 4) is 0 Å². The Morgan fingerprint density at radius 2 is 2.20 bits per heavy atom. The summed E-state index contributed by atoms with van der Waals surface area (Å²) < 4.78 is 11.9. The maximum atomic E-state index is 11.2. The number of aromatic nitrogens is 1. The van der Waals surface area contributed by atoms with Gasteiger partial charge in [0, 0.05) is 25.5 Å². The Morgan fingerprint density at radius 3 is 2.80 bits per heavy atom. The molecule has 82 valence electrons. The summed E-state index contributed by atoms with van der Waals surface area (Å²) in [7, 11) is 3.13. The molecule has 15 heavy (non-hydrogen) atoms. The molecule has 0 bridgehead atoms. The van der Waals surface area contributed by atoms with Crippen LogP contribution in [0.2, 0.25) is 0 Å². The van der Waals surface area contributed by atoms with Crippen LogP contribution in [0, 0.1) is 0 Å². The van der Waals surface area contributed by atoms with E-state index in [1.165, 1.54) is 7.11 Å². The summed E-state index contributed by atoms with van der Waals surface area (Å²) in [5, 5.41) is 0. The zero-order valence-electron chi connectivity index (χ0n) is 8.97. The van der Waals surface area contributed by atoms with E-state index in [0.29, 0.717) is 17.7 Å². The van der Waals surface area contributed by atoms with E-state index < -0.39 is 0 Å². The molecule has 0 saturated heterocycles. The Bertz CT molecular complexity index is 352. The molecular formula is C11H15NO3. The predicted octanol–water partition coefficient (Wildman–Crippen LogP) is 1.62. The molecule has 0 amide bonds. The van der Waals surface area contributed by atoms with E-state index in [-0.39, 0.29) is 5.97 Å². The number of carbonyl (C=O) groups is 1. The van der Waals surface area contributed by atoms with Crippen molar-refractivity contribution in [1.82, 2.24) is 4.57 Å². The number of nitrogens with zero attached hydrogens (tertiary/aromatic N) is 1. The third-order valence-electron chi connectivity index (χ3n) is 2.96. The minimum atomic E-state index is -0.281. The average Bonchev–Trinajstić information content (AvgIpc) is 2.64. The quantitative estimate of drug-likeness (QED) is 0.710. The second kappa shape index (κ2) is 4.06. The van der Waals surface area contributed by atoms with E-state index in [0.717, 1.165) is 12.8 Å². The number of carbonyl (C=O) groups excluding carboxylic acids is 1. The third-order valence-corrected chi connectivity index (χ3v) is 2.96. The van der Waals surface area contributed by atoms with Crippen molar-refractivity contribution in [1.29, 1.82) is 0 Å². The highest BCUT2D eigenvalue weighted by Gasteiger charge is 2.30. The van der Waals surface area contributed by atoms with Gasteiger partial charge in [-0.1, -0.05) is 0 Å². The molecule has 2 rings (SSSR count). The lowest BCUT2D eigenvalue weighted by molar-refractivity contribution is 0.00626. The lowest BCUT2D eigenvalue weighted by atomic mass is 9.89. The SMILES string of the molecule is COC(=O)c1ccn([C@H]2C[C@H](OC)C2)c1. The highest BCUT2D eigenvalue weighted by Crippen LogP contribution is 2.34. The van der Waals surface area contributed by atoms with Crippen molar-refractivity contribution < 1.29 is 14.3 Å². The zero-order valence-corrected chi connectivity index (χ0v) is 8.97. The van der Waals surface area contributed by atoms with Crippen molar-refractivity contribution in [3.05, 3.63) is 24.0 Å². The first kappa shape index (κ1) is 10.2. The maximum Gasteiger partial charge on any atom is 0.339 e. The summed E-state index contributed by atoms with van der Waals surface area (Å²) in [4.78, 5) is 11.2. The molecule has 1 fully saturated rings. The van der Waals surface area contributed by atoms with E-state index in [1.807, 2.05) is 12.4 Å². The maximum absolute atomic E-state index is 11.2. The fourth-order valence-electron chi connectivity index (χ4n) is 1.85. The second-order valence-electron chi connectivity index (χ2n) is 3.82. The van der Waals surface area contributed by atoms with Crippen LogP contribution in [-0.4, -0.2) is 30.9 Å². The van der Waals surface area contributed by atoms with Crippen LogP contribution < -0.4 is 0 Å². The Balaban J connectivity index is 1.99. The van der Waals surface area contributed by atoms with E-state index in [9.17, 15) is 4.79 Å². The van der Waals surface area contributed by atoms with Gasteiger partial charge in [0.05, 0.1) is 18.8 Å². The van der Waals surface area contributed by atoms with E-state index in [1.54, 1.807) is 13.2 Å². The van der Waals surface area contributed by atoms with Crippen LogP contribution in [0.4, 0.5) is 0 Å². The Kier molecular flexibility index (Phi) is 2.77. The standard InChI is InChI=1S/C11H15NO3/c1-14-10-5-9(6-10)12-4-3-8(7-12)11(13)15-2/h3-4,7,9-10H,5-6H2,1-2H3/t9-,10-. The minimum Gasteiger partial charge on any atom is -0.465 e. The fraction of sp³-hybridized carbons (Fsp3) is 0.545. The molecule has 0 atom stereocenters. The second-order valence-corrected chi connectivity index (χ2v) is 3.82. The van der Waals surface area contributed by atoms with Crippen LogP contribution in [0.25, 0.3) is 0 Å². The molecule has 0 aliphatic heterocycles. The Morgan fingerprint density at radius 1 is 1.47 bits per heavy atom. The molecule has 1 aliphatic rings. The molecule has 1 saturated carbocycles. The number of hydrogen-bond donors (Lipinski definition) is 0. The molecule has 4 heteroatoms. The summed E-state index contributed by atoms with van der Waals surface area (Å²) in [5.41, 5.74) is 0.610. The first-order chi connectivity index (χ1) is 7.24. The molecule has 0 spiro atoms. The van der Waals surface area contributed by atoms with Gasteiger partial charge in [-0.2, -0.15) is 0 Å². The van der Waals surface area contributed by atoms with Gasteiger partial charge in [-0.15, -0.1) is 0 Å². The molecule has 1 aromatic heterocycles. The molecule has 0 N–H and O–H groups in total. The van der Waals surface area contributed by atoms with E-state index in [2.05, 4.69) is 9.30 Å². The van der Waals surface area contributed by atoms with Crippen molar-refractivity contribution >= 4 is 5.97 Å². The average molecular weight is 209 g/mol. The smallest absolute Gasteiger partial charge is 0.339 e. The highest BCUT2D eigenvalue weighted by molar-refractivity contribution is 5.89. The summed E-state index contributed by atoms with van der Waals surface area (Å²) >= 11 is 0. The van der Waals surface area contributed by atoms with Gasteiger partial charge in [-0.25, -0.2) is 4.79 Å². The summed E-state index contributed by atoms with van der Waals surface area (Å²) in [6.45, 7) is 0. The van der Waals surface area contributed by atoms with Crippen molar-refractivity contribution in [3.63, 3.8) is 0 Å². The molecule has 4 nitrogen and oxygen atoms in total. The molecule has 1 heterocycles. The van der Waals surface area contributed by atoms with Crippen LogP contribution in [0.5, 0.6) is 0 Å². The van der Waals surface area contributed by atoms with Crippen molar-refractivity contribution in [2.45, 2.75) is 25.0 Å². The molecule has 0 aromatic carbocycles. The number of hydrogen-bond acceptors (Lipinski definition) is 3. The van der Waals surface area contributed by atoms with Crippen molar-refractivity contribution in [2.24, 2.45) is 0 Å². The Hall–Kier alpha value is -1.29. The normalized spacial score (nSPS) is 24.7. The lowest BCUT2D eigenvalue weighted by Gasteiger charge is -2.35. The number of rotatable bonds is 3. The van der Waals surface area contributed by atoms with Crippen LogP contribution in [0.3, 0.4) is 0 Å². The minimum absolute atomic E-state index is 0.281. The predicted molar refractivity (Wildman–Crippen MR) is 54.8 cm³/mol. The van der Waals surface area contributed by atoms with Crippen molar-refractivity contribution in [2.75, 3.05) is 14.2 Å². The molecular weight excluding hydrogens is 194 g/mol. The van der Waals surface area contributed by atoms with E-state index >= 15 is 0 Å². The van der Waals surface area contributed by atoms with Gasteiger partial charge in [0.1, 0.15) is 0 Å². The fourth-order valence-corrected chi connectivity index (χ4v) is 1.85. The van der Waals surface area contributed by atoms with Crippen LogP contribution >= 0.6 is 0 Å². The first-order valence-electron chi connectivity index (χ1n) is 5.03. The number of ether oxygens (including phenoxy) is 2. The van der Waals surface area contributed by atoms with Gasteiger partial charge in [-0.3, -0.25) is 0 Å². The highest BCUT2D eigenvalue weighted by atomic mass is 16.5. The summed E-state index contributed by atoms with van der Waals surface area (Å²) in [5.74, 6) is -0.281. The summed E-state index contributed by atoms with van der Waals surface area (Å²) in [6, 6.07) is 2.25. The van der Waals surface area contributed by atoms with Crippen LogP contribution in [0.15, 0.2) is 18.5 Å². The number of methoxy groups -OCH3 is 2. The largest absolute Gasteiger partial charge is 0.465 e. The van der Waals surface area contributed by atoms with Gasteiger partial charge in [-0.05, 0) is 18.9 Å². The van der Waals surface area contributed by atoms with Crippen LogP contribution in [0.1, 0.15) is 29.2 Å². The number of esters is 1. The molecule has 0 radical (unpaired) electrons. The monoisotopic (exact) mass is 209 g/mol. The summed E-state index contributed by atoms with van der Waals surface area (Å²) in [6.07, 6.45) is 6.17. The molecule has 1 aromatic rings. The van der Waals surface area contributed by atoms with Gasteiger partial charge in [0.25, 0.3) is 0 Å².